The summed E-state index contributed by atoms with van der Waals surface area (Å²) in [5, 5.41) is 1.70. The summed E-state index contributed by atoms with van der Waals surface area (Å²) in [4.78, 5) is 26.5. The summed E-state index contributed by atoms with van der Waals surface area (Å²) in [5.74, 6) is 0. The molecular formula is C21H20ClN5OS. The lowest BCUT2D eigenvalue weighted by atomic mass is 10.2. The van der Waals surface area contributed by atoms with Gasteiger partial charge in [0.1, 0.15) is 10.7 Å². The summed E-state index contributed by atoms with van der Waals surface area (Å²) in [6, 6.07) is 13.4. The van der Waals surface area contributed by atoms with Gasteiger partial charge in [0.15, 0.2) is 0 Å². The summed E-state index contributed by atoms with van der Waals surface area (Å²) < 4.78 is 2.73. The number of fused-ring (bicyclic) bond motifs is 2. The summed E-state index contributed by atoms with van der Waals surface area (Å²) >= 11 is 7.75. The first-order valence-corrected chi connectivity index (χ1v) is 10.8. The molecule has 0 amide bonds. The van der Waals surface area contributed by atoms with Crippen LogP contribution in [0.2, 0.25) is 5.02 Å². The van der Waals surface area contributed by atoms with E-state index in [1.807, 2.05) is 6.07 Å². The van der Waals surface area contributed by atoms with Crippen LogP contribution in [0.3, 0.4) is 0 Å². The van der Waals surface area contributed by atoms with Crippen molar-refractivity contribution in [3.8, 4) is 0 Å². The highest BCUT2D eigenvalue weighted by molar-refractivity contribution is 7.18. The number of nitrogens with zero attached hydrogens (tertiary/aromatic N) is 5. The monoisotopic (exact) mass is 425 g/mol. The molecule has 1 aliphatic heterocycles. The van der Waals surface area contributed by atoms with Gasteiger partial charge >= 0.3 is 0 Å². The van der Waals surface area contributed by atoms with E-state index in [1.165, 1.54) is 14.1 Å². The molecule has 0 bridgehead atoms. The van der Waals surface area contributed by atoms with Crippen LogP contribution in [0, 0.1) is 0 Å². The van der Waals surface area contributed by atoms with Gasteiger partial charge in [0.05, 0.1) is 27.5 Å². The zero-order valence-electron chi connectivity index (χ0n) is 15.8. The summed E-state index contributed by atoms with van der Waals surface area (Å²) in [5.41, 5.74) is 2.42. The number of thiazole rings is 1. The Balaban J connectivity index is 1.22. The van der Waals surface area contributed by atoms with Crippen molar-refractivity contribution < 1.29 is 0 Å². The third kappa shape index (κ3) is 4.04. The van der Waals surface area contributed by atoms with Crippen molar-refractivity contribution in [1.82, 2.24) is 24.2 Å². The van der Waals surface area contributed by atoms with E-state index in [9.17, 15) is 4.79 Å². The summed E-state index contributed by atoms with van der Waals surface area (Å²) in [7, 11) is 0. The van der Waals surface area contributed by atoms with E-state index in [0.29, 0.717) is 17.2 Å². The number of para-hydroxylation sites is 1. The van der Waals surface area contributed by atoms with Crippen LogP contribution < -0.4 is 5.56 Å². The van der Waals surface area contributed by atoms with Crippen LogP contribution in [-0.4, -0.2) is 50.3 Å². The average Bonchev–Trinajstić information content (AvgIpc) is 3.12. The van der Waals surface area contributed by atoms with E-state index in [0.717, 1.165) is 43.9 Å². The molecule has 0 saturated carbocycles. The van der Waals surface area contributed by atoms with E-state index in [-0.39, 0.29) is 5.56 Å². The second-order valence-electron chi connectivity index (χ2n) is 7.29. The van der Waals surface area contributed by atoms with Crippen LogP contribution in [-0.2, 0) is 13.1 Å². The number of aromatic nitrogens is 3. The first kappa shape index (κ1) is 18.7. The molecule has 3 aromatic heterocycles. The van der Waals surface area contributed by atoms with E-state index in [2.05, 4.69) is 33.0 Å². The van der Waals surface area contributed by atoms with Gasteiger partial charge in [-0.3, -0.25) is 19.0 Å². The van der Waals surface area contributed by atoms with E-state index in [4.69, 9.17) is 16.6 Å². The summed E-state index contributed by atoms with van der Waals surface area (Å²) in [6.45, 7) is 5.45. The molecule has 4 heterocycles. The van der Waals surface area contributed by atoms with Crippen LogP contribution >= 0.6 is 22.9 Å². The second kappa shape index (κ2) is 7.84. The number of hydrogen-bond donors (Lipinski definition) is 0. The SMILES string of the molecule is O=c1cc(CN2CCN(Cc3nc4ccccc4s3)CC2)nc2ccc(Cl)cn12. The minimum Gasteiger partial charge on any atom is -0.295 e. The summed E-state index contributed by atoms with van der Waals surface area (Å²) in [6.07, 6.45) is 1.61. The molecular weight excluding hydrogens is 406 g/mol. The predicted molar refractivity (Wildman–Crippen MR) is 117 cm³/mol. The van der Waals surface area contributed by atoms with Crippen molar-refractivity contribution in [3.05, 3.63) is 74.7 Å². The van der Waals surface area contributed by atoms with E-state index in [1.54, 1.807) is 35.7 Å². The molecule has 1 fully saturated rings. The van der Waals surface area contributed by atoms with Gasteiger partial charge in [0.2, 0.25) is 0 Å². The Kier molecular flexibility index (Phi) is 5.05. The lowest BCUT2D eigenvalue weighted by molar-refractivity contribution is 0.121. The van der Waals surface area contributed by atoms with Crippen LogP contribution in [0.5, 0.6) is 0 Å². The van der Waals surface area contributed by atoms with E-state index < -0.39 is 0 Å². The number of pyridine rings is 1. The number of benzene rings is 1. The van der Waals surface area contributed by atoms with Gasteiger partial charge in [-0.05, 0) is 24.3 Å². The normalized spacial score (nSPS) is 16.0. The third-order valence-corrected chi connectivity index (χ3v) is 6.47. The molecule has 8 heteroatoms. The number of piperazine rings is 1. The number of halogens is 1. The molecule has 1 aliphatic rings. The van der Waals surface area contributed by atoms with Crippen LogP contribution in [0.25, 0.3) is 15.9 Å². The Hall–Kier alpha value is -2.32. The van der Waals surface area contributed by atoms with Gasteiger partial charge in [0.25, 0.3) is 5.56 Å². The first-order valence-electron chi connectivity index (χ1n) is 9.61. The van der Waals surface area contributed by atoms with Crippen molar-refractivity contribution in [2.45, 2.75) is 13.1 Å². The van der Waals surface area contributed by atoms with Crippen molar-refractivity contribution >= 4 is 38.8 Å². The predicted octanol–water partition coefficient (Wildman–Crippen LogP) is 3.28. The number of rotatable bonds is 4. The lowest BCUT2D eigenvalue weighted by Crippen LogP contribution is -2.45. The molecule has 0 aliphatic carbocycles. The number of hydrogen-bond acceptors (Lipinski definition) is 6. The maximum atomic E-state index is 12.4. The standard InChI is InChI=1S/C21H20ClN5OS/c22-15-5-6-19-23-16(11-21(28)27(19)12-15)13-25-7-9-26(10-8-25)14-20-24-17-3-1-2-4-18(17)29-20/h1-6,11-12H,7-10,13-14H2. The van der Waals surface area contributed by atoms with Crippen LogP contribution in [0.4, 0.5) is 0 Å². The van der Waals surface area contributed by atoms with Gasteiger partial charge in [-0.25, -0.2) is 9.97 Å². The average molecular weight is 426 g/mol. The fourth-order valence-electron chi connectivity index (χ4n) is 3.72. The van der Waals surface area contributed by atoms with Crippen molar-refractivity contribution in [3.63, 3.8) is 0 Å². The van der Waals surface area contributed by atoms with Gasteiger partial charge in [0, 0.05) is 45.0 Å². The van der Waals surface area contributed by atoms with Crippen molar-refractivity contribution in [2.75, 3.05) is 26.2 Å². The van der Waals surface area contributed by atoms with Crippen LogP contribution in [0.15, 0.2) is 53.5 Å². The van der Waals surface area contributed by atoms with Gasteiger partial charge in [-0.15, -0.1) is 11.3 Å². The maximum absolute atomic E-state index is 12.4. The molecule has 0 spiro atoms. The Morgan fingerprint density at radius 1 is 0.966 bits per heavy atom. The highest BCUT2D eigenvalue weighted by Crippen LogP contribution is 2.23. The molecule has 1 saturated heterocycles. The molecule has 0 radical (unpaired) electrons. The Morgan fingerprint density at radius 2 is 1.72 bits per heavy atom. The van der Waals surface area contributed by atoms with Gasteiger partial charge in [-0.1, -0.05) is 23.7 Å². The quantitative estimate of drug-likeness (QED) is 0.502. The van der Waals surface area contributed by atoms with Gasteiger partial charge in [-0.2, -0.15) is 0 Å². The Bertz CT molecular complexity index is 1200. The fourth-order valence-corrected chi connectivity index (χ4v) is 4.89. The molecule has 0 unspecified atom stereocenters. The Morgan fingerprint density at radius 3 is 2.52 bits per heavy atom. The Labute approximate surface area is 177 Å². The molecule has 1 aromatic carbocycles. The highest BCUT2D eigenvalue weighted by atomic mass is 35.5. The zero-order chi connectivity index (χ0) is 19.8. The molecule has 148 valence electrons. The highest BCUT2D eigenvalue weighted by Gasteiger charge is 2.19. The zero-order valence-corrected chi connectivity index (χ0v) is 17.4. The van der Waals surface area contributed by atoms with Crippen molar-refractivity contribution in [1.29, 1.82) is 0 Å². The molecule has 5 rings (SSSR count). The second-order valence-corrected chi connectivity index (χ2v) is 8.84. The maximum Gasteiger partial charge on any atom is 0.258 e. The molecule has 4 aromatic rings. The molecule has 6 nitrogen and oxygen atoms in total. The van der Waals surface area contributed by atoms with Crippen LogP contribution in [0.1, 0.15) is 10.7 Å². The smallest absolute Gasteiger partial charge is 0.258 e. The van der Waals surface area contributed by atoms with E-state index >= 15 is 0 Å². The largest absolute Gasteiger partial charge is 0.295 e. The minimum absolute atomic E-state index is 0.0954. The first-order chi connectivity index (χ1) is 14.1. The van der Waals surface area contributed by atoms with Gasteiger partial charge < -0.3 is 0 Å². The molecule has 29 heavy (non-hydrogen) atoms. The molecule has 0 atom stereocenters. The third-order valence-electron chi connectivity index (χ3n) is 5.22. The topological polar surface area (TPSA) is 53.7 Å². The minimum atomic E-state index is -0.0954. The lowest BCUT2D eigenvalue weighted by Gasteiger charge is -2.34. The fraction of sp³-hybridized carbons (Fsp3) is 0.286. The van der Waals surface area contributed by atoms with Crippen molar-refractivity contribution in [2.24, 2.45) is 0 Å². The molecule has 0 N–H and O–H groups in total.